The normalized spacial score (nSPS) is 20.0. The number of hydrogen-bond donors (Lipinski definition) is 1. The molecule has 0 aliphatic carbocycles. The van der Waals surface area contributed by atoms with Crippen LogP contribution in [0, 0.1) is 0 Å². The lowest BCUT2D eigenvalue weighted by Gasteiger charge is -2.12. The molecule has 1 atom stereocenters. The molecule has 1 aromatic carbocycles. The van der Waals surface area contributed by atoms with Crippen molar-refractivity contribution in [1.82, 2.24) is 25.5 Å². The van der Waals surface area contributed by atoms with Crippen LogP contribution in [0.15, 0.2) is 24.5 Å². The maximum atomic E-state index is 12.3. The molecule has 10 heteroatoms. The number of aromatic nitrogens is 4. The van der Waals surface area contributed by atoms with E-state index >= 15 is 0 Å². The fourth-order valence-corrected chi connectivity index (χ4v) is 4.16. The van der Waals surface area contributed by atoms with Gasteiger partial charge in [-0.15, -0.1) is 5.10 Å². The highest BCUT2D eigenvalue weighted by atomic mass is 35.5. The van der Waals surface area contributed by atoms with Gasteiger partial charge in [-0.05, 0) is 35.0 Å². The van der Waals surface area contributed by atoms with Crippen molar-refractivity contribution in [1.29, 1.82) is 0 Å². The number of nitrogens with one attached hydrogen (secondary N) is 1. The first kappa shape index (κ1) is 14.9. The summed E-state index contributed by atoms with van der Waals surface area (Å²) >= 11 is 6.05. The third-order valence-electron chi connectivity index (χ3n) is 3.38. The molecule has 22 heavy (non-hydrogen) atoms. The molecule has 1 amide bonds. The highest BCUT2D eigenvalue weighted by molar-refractivity contribution is 7.91. The zero-order chi connectivity index (χ0) is 15.7. The predicted molar refractivity (Wildman–Crippen MR) is 78.7 cm³/mol. The van der Waals surface area contributed by atoms with E-state index in [2.05, 4.69) is 20.8 Å². The lowest BCUT2D eigenvalue weighted by Crippen LogP contribution is -2.35. The van der Waals surface area contributed by atoms with E-state index in [1.54, 1.807) is 18.2 Å². The van der Waals surface area contributed by atoms with Crippen LogP contribution >= 0.6 is 11.6 Å². The molecule has 0 bridgehead atoms. The van der Waals surface area contributed by atoms with Crippen molar-refractivity contribution in [2.75, 3.05) is 11.5 Å². The van der Waals surface area contributed by atoms with E-state index in [0.717, 1.165) is 0 Å². The quantitative estimate of drug-likeness (QED) is 0.856. The van der Waals surface area contributed by atoms with Gasteiger partial charge in [0, 0.05) is 6.04 Å². The summed E-state index contributed by atoms with van der Waals surface area (Å²) in [5.41, 5.74) is 0.831. The van der Waals surface area contributed by atoms with Gasteiger partial charge < -0.3 is 5.32 Å². The third-order valence-corrected chi connectivity index (χ3v) is 5.47. The fraction of sp³-hybridized carbons (Fsp3) is 0.333. The molecule has 1 fully saturated rings. The van der Waals surface area contributed by atoms with Gasteiger partial charge in [0.25, 0.3) is 5.91 Å². The van der Waals surface area contributed by atoms with Gasteiger partial charge in [-0.25, -0.2) is 13.1 Å². The number of halogens is 1. The summed E-state index contributed by atoms with van der Waals surface area (Å²) in [5, 5.41) is 13.8. The number of benzene rings is 1. The Kier molecular flexibility index (Phi) is 3.83. The number of nitrogens with zero attached hydrogens (tertiary/aromatic N) is 4. The van der Waals surface area contributed by atoms with E-state index in [1.807, 2.05) is 0 Å². The molecule has 2 aromatic rings. The largest absolute Gasteiger partial charge is 0.348 e. The second-order valence-electron chi connectivity index (χ2n) is 4.99. The molecule has 0 saturated carbocycles. The van der Waals surface area contributed by atoms with E-state index in [-0.39, 0.29) is 28.1 Å². The van der Waals surface area contributed by atoms with Crippen LogP contribution in [0.2, 0.25) is 5.02 Å². The van der Waals surface area contributed by atoms with Gasteiger partial charge in [0.05, 0.1) is 27.8 Å². The van der Waals surface area contributed by atoms with E-state index in [1.165, 1.54) is 11.0 Å². The van der Waals surface area contributed by atoms with Crippen LogP contribution < -0.4 is 5.32 Å². The van der Waals surface area contributed by atoms with E-state index in [0.29, 0.717) is 12.1 Å². The Balaban J connectivity index is 1.82. The van der Waals surface area contributed by atoms with Crippen LogP contribution in [-0.4, -0.2) is 52.1 Å². The highest BCUT2D eigenvalue weighted by Gasteiger charge is 2.29. The smallest absolute Gasteiger partial charge is 0.253 e. The summed E-state index contributed by atoms with van der Waals surface area (Å²) in [6, 6.07) is 4.41. The van der Waals surface area contributed by atoms with Crippen molar-refractivity contribution >= 4 is 27.3 Å². The SMILES string of the molecule is O=C(N[C@H]1CCS(=O)(=O)C1)c1cc(-n2cnnn2)ccc1Cl. The van der Waals surface area contributed by atoms with Crippen LogP contribution in [0.4, 0.5) is 0 Å². The van der Waals surface area contributed by atoms with Crippen LogP contribution in [0.5, 0.6) is 0 Å². The molecule has 3 rings (SSSR count). The minimum absolute atomic E-state index is 0.0386. The average molecular weight is 342 g/mol. The Hall–Kier alpha value is -2.00. The van der Waals surface area contributed by atoms with E-state index in [4.69, 9.17) is 11.6 Å². The lowest BCUT2D eigenvalue weighted by atomic mass is 10.1. The van der Waals surface area contributed by atoms with Crippen LogP contribution in [-0.2, 0) is 9.84 Å². The molecular weight excluding hydrogens is 330 g/mol. The molecule has 8 nitrogen and oxygen atoms in total. The molecule has 1 aliphatic rings. The number of carbonyl (C=O) groups excluding carboxylic acids is 1. The summed E-state index contributed by atoms with van der Waals surface area (Å²) in [6.45, 7) is 0. The summed E-state index contributed by atoms with van der Waals surface area (Å²) in [6.07, 6.45) is 1.81. The van der Waals surface area contributed by atoms with Crippen molar-refractivity contribution in [2.45, 2.75) is 12.5 Å². The lowest BCUT2D eigenvalue weighted by molar-refractivity contribution is 0.0941. The topological polar surface area (TPSA) is 107 Å². The van der Waals surface area contributed by atoms with Gasteiger partial charge in [0.2, 0.25) is 0 Å². The Morgan fingerprint density at radius 2 is 2.23 bits per heavy atom. The zero-order valence-electron chi connectivity index (χ0n) is 11.3. The van der Waals surface area contributed by atoms with Crippen molar-refractivity contribution in [2.24, 2.45) is 0 Å². The van der Waals surface area contributed by atoms with Crippen molar-refractivity contribution in [3.63, 3.8) is 0 Å². The first-order valence-corrected chi connectivity index (χ1v) is 8.69. The van der Waals surface area contributed by atoms with Crippen LogP contribution in [0.3, 0.4) is 0 Å². The molecule has 1 aliphatic heterocycles. The fourth-order valence-electron chi connectivity index (χ4n) is 2.28. The number of carbonyl (C=O) groups is 1. The molecule has 1 aromatic heterocycles. The number of rotatable bonds is 3. The van der Waals surface area contributed by atoms with Crippen molar-refractivity contribution in [3.05, 3.63) is 35.1 Å². The summed E-state index contributed by atoms with van der Waals surface area (Å²) in [7, 11) is -3.06. The summed E-state index contributed by atoms with van der Waals surface area (Å²) in [4.78, 5) is 12.3. The summed E-state index contributed by atoms with van der Waals surface area (Å²) < 4.78 is 24.3. The Morgan fingerprint density at radius 1 is 1.41 bits per heavy atom. The molecule has 0 spiro atoms. The molecule has 1 N–H and O–H groups in total. The van der Waals surface area contributed by atoms with Crippen LogP contribution in [0.1, 0.15) is 16.8 Å². The monoisotopic (exact) mass is 341 g/mol. The van der Waals surface area contributed by atoms with Crippen molar-refractivity contribution < 1.29 is 13.2 Å². The number of amides is 1. The Labute approximate surface area is 131 Å². The third kappa shape index (κ3) is 3.09. The minimum Gasteiger partial charge on any atom is -0.348 e. The Bertz CT molecular complexity index is 806. The average Bonchev–Trinajstić information content (AvgIpc) is 3.09. The number of tetrazole rings is 1. The summed E-state index contributed by atoms with van der Waals surface area (Å²) in [5.74, 6) is -0.360. The van der Waals surface area contributed by atoms with E-state index < -0.39 is 15.7 Å². The van der Waals surface area contributed by atoms with Gasteiger partial charge in [0.1, 0.15) is 6.33 Å². The predicted octanol–water partition coefficient (Wildman–Crippen LogP) is 0.233. The molecule has 0 unspecified atom stereocenters. The molecule has 0 radical (unpaired) electrons. The number of hydrogen-bond acceptors (Lipinski definition) is 6. The zero-order valence-corrected chi connectivity index (χ0v) is 12.9. The highest BCUT2D eigenvalue weighted by Crippen LogP contribution is 2.20. The van der Waals surface area contributed by atoms with E-state index in [9.17, 15) is 13.2 Å². The molecule has 116 valence electrons. The first-order chi connectivity index (χ1) is 10.4. The standard InChI is InChI=1S/C12H12ClN5O3S/c13-11-2-1-9(18-7-14-16-17-18)5-10(11)12(19)15-8-3-4-22(20,21)6-8/h1-2,5,7-8H,3-4,6H2,(H,15,19)/t8-/m0/s1. The van der Waals surface area contributed by atoms with Gasteiger partial charge in [-0.3, -0.25) is 4.79 Å². The van der Waals surface area contributed by atoms with Crippen LogP contribution in [0.25, 0.3) is 5.69 Å². The minimum atomic E-state index is -3.06. The van der Waals surface area contributed by atoms with Gasteiger partial charge in [-0.2, -0.15) is 0 Å². The second-order valence-corrected chi connectivity index (χ2v) is 7.63. The number of sulfone groups is 1. The molecule has 2 heterocycles. The Morgan fingerprint density at radius 3 is 2.86 bits per heavy atom. The maximum Gasteiger partial charge on any atom is 0.253 e. The van der Waals surface area contributed by atoms with Gasteiger partial charge >= 0.3 is 0 Å². The first-order valence-electron chi connectivity index (χ1n) is 6.49. The molecular formula is C12H12ClN5O3S. The molecule has 1 saturated heterocycles. The maximum absolute atomic E-state index is 12.3. The van der Waals surface area contributed by atoms with Crippen molar-refractivity contribution in [3.8, 4) is 5.69 Å². The van der Waals surface area contributed by atoms with Gasteiger partial charge in [-0.1, -0.05) is 11.6 Å². The van der Waals surface area contributed by atoms with Gasteiger partial charge in [0.15, 0.2) is 9.84 Å². The second kappa shape index (κ2) is 5.65.